The second-order valence-electron chi connectivity index (χ2n) is 2.57. The van der Waals surface area contributed by atoms with E-state index in [9.17, 15) is 4.79 Å². The van der Waals surface area contributed by atoms with Gasteiger partial charge in [-0.2, -0.15) is 0 Å². The number of para-hydroxylation sites is 1. The van der Waals surface area contributed by atoms with E-state index < -0.39 is 5.97 Å². The smallest absolute Gasteiger partial charge is 0.326 e. The van der Waals surface area contributed by atoms with Gasteiger partial charge < -0.3 is 4.74 Å². The monoisotopic (exact) mass is 198 g/mol. The summed E-state index contributed by atoms with van der Waals surface area (Å²) in [6.45, 7) is 2.01. The highest BCUT2D eigenvalue weighted by molar-refractivity contribution is 6.26. The zero-order chi connectivity index (χ0) is 9.68. The van der Waals surface area contributed by atoms with E-state index in [1.54, 1.807) is 6.07 Å². The molecule has 0 saturated heterocycles. The Morgan fingerprint density at radius 2 is 2.15 bits per heavy atom. The third-order valence-corrected chi connectivity index (χ3v) is 1.90. The molecule has 0 fully saturated rings. The Morgan fingerprint density at radius 3 is 2.77 bits per heavy atom. The van der Waals surface area contributed by atoms with E-state index in [0.717, 1.165) is 12.0 Å². The van der Waals surface area contributed by atoms with Crippen LogP contribution in [0.2, 0.25) is 0 Å². The molecule has 0 N–H and O–H groups in total. The first-order valence-electron chi connectivity index (χ1n) is 4.12. The fourth-order valence-electron chi connectivity index (χ4n) is 1.05. The number of aryl methyl sites for hydroxylation is 1. The third kappa shape index (κ3) is 2.74. The van der Waals surface area contributed by atoms with Crippen LogP contribution in [0.15, 0.2) is 24.3 Å². The second-order valence-corrected chi connectivity index (χ2v) is 2.84. The third-order valence-electron chi connectivity index (χ3n) is 1.69. The van der Waals surface area contributed by atoms with Crippen LogP contribution in [0.1, 0.15) is 12.5 Å². The van der Waals surface area contributed by atoms with Gasteiger partial charge in [-0.15, -0.1) is 11.6 Å². The number of halogens is 1. The topological polar surface area (TPSA) is 26.3 Å². The minimum Gasteiger partial charge on any atom is -0.425 e. The molecule has 0 aliphatic heterocycles. The summed E-state index contributed by atoms with van der Waals surface area (Å²) in [6, 6.07) is 7.44. The van der Waals surface area contributed by atoms with Crippen molar-refractivity contribution < 1.29 is 9.53 Å². The highest BCUT2D eigenvalue weighted by Crippen LogP contribution is 2.18. The van der Waals surface area contributed by atoms with Crippen LogP contribution in [-0.2, 0) is 11.2 Å². The molecule has 1 aromatic rings. The van der Waals surface area contributed by atoms with Gasteiger partial charge >= 0.3 is 5.97 Å². The number of carbonyl (C=O) groups excluding carboxylic acids is 1. The van der Waals surface area contributed by atoms with E-state index in [1.165, 1.54) is 0 Å². The minimum atomic E-state index is -0.414. The predicted molar refractivity (Wildman–Crippen MR) is 52.2 cm³/mol. The fraction of sp³-hybridized carbons (Fsp3) is 0.300. The first kappa shape index (κ1) is 10.1. The molecule has 3 heteroatoms. The van der Waals surface area contributed by atoms with Gasteiger partial charge in [0.05, 0.1) is 0 Å². The lowest BCUT2D eigenvalue weighted by Crippen LogP contribution is -2.10. The first-order chi connectivity index (χ1) is 6.27. The van der Waals surface area contributed by atoms with Gasteiger partial charge in [0.25, 0.3) is 0 Å². The summed E-state index contributed by atoms with van der Waals surface area (Å²) in [6.07, 6.45) is 0.839. The number of alkyl halides is 1. The highest BCUT2D eigenvalue weighted by atomic mass is 35.5. The maximum atomic E-state index is 10.9. The maximum Gasteiger partial charge on any atom is 0.326 e. The molecule has 0 spiro atoms. The van der Waals surface area contributed by atoms with Crippen LogP contribution in [-0.4, -0.2) is 11.8 Å². The fourth-order valence-corrected chi connectivity index (χ4v) is 1.10. The average Bonchev–Trinajstić information content (AvgIpc) is 2.18. The van der Waals surface area contributed by atoms with Crippen molar-refractivity contribution in [2.45, 2.75) is 13.3 Å². The van der Waals surface area contributed by atoms with Gasteiger partial charge in [0.1, 0.15) is 11.6 Å². The van der Waals surface area contributed by atoms with Crippen molar-refractivity contribution in [3.05, 3.63) is 29.8 Å². The number of esters is 1. The number of ether oxygens (including phenoxy) is 1. The van der Waals surface area contributed by atoms with Crippen LogP contribution in [0.4, 0.5) is 0 Å². The molecule has 1 rings (SSSR count). The molecular weight excluding hydrogens is 188 g/mol. The molecule has 0 bridgehead atoms. The Bertz CT molecular complexity index is 297. The summed E-state index contributed by atoms with van der Waals surface area (Å²) in [5, 5.41) is 0. The zero-order valence-electron chi connectivity index (χ0n) is 7.42. The number of carbonyl (C=O) groups is 1. The lowest BCUT2D eigenvalue weighted by atomic mass is 10.1. The molecule has 13 heavy (non-hydrogen) atoms. The standard InChI is InChI=1S/C10H11ClO2/c1-2-8-5-3-4-6-9(8)13-10(12)7-11/h3-6H,2,7H2,1H3. The Balaban J connectivity index is 2.81. The van der Waals surface area contributed by atoms with Crippen LogP contribution >= 0.6 is 11.6 Å². The quantitative estimate of drug-likeness (QED) is 0.424. The SMILES string of the molecule is CCc1ccccc1OC(=O)CCl. The van der Waals surface area contributed by atoms with E-state index in [-0.39, 0.29) is 5.88 Å². The molecule has 1 aromatic carbocycles. The molecule has 0 aromatic heterocycles. The Morgan fingerprint density at radius 1 is 1.46 bits per heavy atom. The normalized spacial score (nSPS) is 9.69. The minimum absolute atomic E-state index is 0.113. The van der Waals surface area contributed by atoms with Crippen LogP contribution in [0.25, 0.3) is 0 Å². The van der Waals surface area contributed by atoms with Crippen molar-refractivity contribution in [3.8, 4) is 5.75 Å². The number of rotatable bonds is 3. The average molecular weight is 199 g/mol. The second kappa shape index (κ2) is 4.87. The van der Waals surface area contributed by atoms with E-state index in [2.05, 4.69) is 0 Å². The number of hydrogen-bond acceptors (Lipinski definition) is 2. The van der Waals surface area contributed by atoms with Crippen LogP contribution < -0.4 is 4.74 Å². The predicted octanol–water partition coefficient (Wildman–Crippen LogP) is 2.39. The Hall–Kier alpha value is -1.02. The lowest BCUT2D eigenvalue weighted by molar-refractivity contribution is -0.131. The van der Waals surface area contributed by atoms with Gasteiger partial charge in [-0.25, -0.2) is 0 Å². The van der Waals surface area contributed by atoms with Crippen LogP contribution in [0.3, 0.4) is 0 Å². The Kier molecular flexibility index (Phi) is 3.77. The molecule has 0 atom stereocenters. The molecule has 70 valence electrons. The molecule has 0 saturated carbocycles. The number of hydrogen-bond donors (Lipinski definition) is 0. The molecule has 0 heterocycles. The molecule has 0 unspecified atom stereocenters. The van der Waals surface area contributed by atoms with Gasteiger partial charge in [-0.3, -0.25) is 4.79 Å². The van der Waals surface area contributed by atoms with Gasteiger partial charge in [-0.05, 0) is 18.1 Å². The number of benzene rings is 1. The van der Waals surface area contributed by atoms with Crippen molar-refractivity contribution in [2.75, 3.05) is 5.88 Å². The maximum absolute atomic E-state index is 10.9. The summed E-state index contributed by atoms with van der Waals surface area (Å²) < 4.78 is 5.01. The summed E-state index contributed by atoms with van der Waals surface area (Å²) in [7, 11) is 0. The van der Waals surface area contributed by atoms with E-state index >= 15 is 0 Å². The zero-order valence-corrected chi connectivity index (χ0v) is 8.17. The summed E-state index contributed by atoms with van der Waals surface area (Å²) >= 11 is 5.32. The van der Waals surface area contributed by atoms with Crippen LogP contribution in [0, 0.1) is 0 Å². The van der Waals surface area contributed by atoms with Crippen molar-refractivity contribution in [2.24, 2.45) is 0 Å². The van der Waals surface area contributed by atoms with Gasteiger partial charge in [0, 0.05) is 0 Å². The largest absolute Gasteiger partial charge is 0.425 e. The summed E-state index contributed by atoms with van der Waals surface area (Å²) in [4.78, 5) is 10.9. The van der Waals surface area contributed by atoms with Crippen LogP contribution in [0.5, 0.6) is 5.75 Å². The van der Waals surface area contributed by atoms with E-state index in [1.807, 2.05) is 25.1 Å². The molecule has 0 amide bonds. The van der Waals surface area contributed by atoms with Gasteiger partial charge in [-0.1, -0.05) is 25.1 Å². The highest BCUT2D eigenvalue weighted by Gasteiger charge is 2.05. The van der Waals surface area contributed by atoms with Gasteiger partial charge in [0.2, 0.25) is 0 Å². The van der Waals surface area contributed by atoms with E-state index in [0.29, 0.717) is 5.75 Å². The lowest BCUT2D eigenvalue weighted by Gasteiger charge is -2.06. The first-order valence-corrected chi connectivity index (χ1v) is 4.66. The van der Waals surface area contributed by atoms with Gasteiger partial charge in [0.15, 0.2) is 0 Å². The van der Waals surface area contributed by atoms with Crippen molar-refractivity contribution in [1.29, 1.82) is 0 Å². The molecule has 0 aliphatic carbocycles. The molecule has 0 radical (unpaired) electrons. The summed E-state index contributed by atoms with van der Waals surface area (Å²) in [5.41, 5.74) is 1.01. The van der Waals surface area contributed by atoms with Crippen molar-refractivity contribution >= 4 is 17.6 Å². The Labute approximate surface area is 82.5 Å². The van der Waals surface area contributed by atoms with Crippen molar-refractivity contribution in [3.63, 3.8) is 0 Å². The molecular formula is C10H11ClO2. The van der Waals surface area contributed by atoms with Crippen molar-refractivity contribution in [1.82, 2.24) is 0 Å². The molecule has 2 nitrogen and oxygen atoms in total. The summed E-state index contributed by atoms with van der Waals surface area (Å²) in [5.74, 6) is 0.0797. The van der Waals surface area contributed by atoms with E-state index in [4.69, 9.17) is 16.3 Å². The molecule has 0 aliphatic rings.